The number of rotatable bonds is 8. The molecule has 1 amide bonds. The SMILES string of the molecule is C=CC(O)C(F)(F)c1ccccc1.CC1CCC(=O)N1CCCc1ncc(C(=O)O)s1. The Kier molecular flexibility index (Phi) is 8.82. The van der Waals surface area contributed by atoms with E-state index in [0.29, 0.717) is 12.5 Å². The van der Waals surface area contributed by atoms with Gasteiger partial charge in [-0.25, -0.2) is 9.78 Å². The number of benzene rings is 1. The second-order valence-corrected chi connectivity index (χ2v) is 8.29. The average Bonchev–Trinajstić information content (AvgIpc) is 3.36. The molecule has 2 atom stereocenters. The summed E-state index contributed by atoms with van der Waals surface area (Å²) in [6.45, 7) is 5.93. The lowest BCUT2D eigenvalue weighted by atomic mass is 10.0. The molecule has 2 aromatic rings. The summed E-state index contributed by atoms with van der Waals surface area (Å²) in [6, 6.07) is 7.51. The number of aromatic carboxylic acids is 1. The van der Waals surface area contributed by atoms with Crippen molar-refractivity contribution in [2.75, 3.05) is 6.54 Å². The van der Waals surface area contributed by atoms with Crippen LogP contribution in [0, 0.1) is 0 Å². The van der Waals surface area contributed by atoms with Gasteiger partial charge in [0.1, 0.15) is 11.0 Å². The Hall–Kier alpha value is -2.65. The molecule has 2 N–H and O–H groups in total. The monoisotopic (exact) mass is 452 g/mol. The summed E-state index contributed by atoms with van der Waals surface area (Å²) in [5.74, 6) is -3.96. The van der Waals surface area contributed by atoms with Crippen molar-refractivity contribution in [1.82, 2.24) is 9.88 Å². The molecular weight excluding hydrogens is 426 g/mol. The van der Waals surface area contributed by atoms with Gasteiger partial charge in [-0.2, -0.15) is 8.78 Å². The highest BCUT2D eigenvalue weighted by molar-refractivity contribution is 7.13. The minimum atomic E-state index is -3.26. The van der Waals surface area contributed by atoms with E-state index in [1.807, 2.05) is 4.90 Å². The Morgan fingerprint density at radius 1 is 1.42 bits per heavy atom. The molecule has 0 saturated carbocycles. The van der Waals surface area contributed by atoms with Crippen LogP contribution < -0.4 is 0 Å². The number of carboxylic acid groups (broad SMARTS) is 1. The summed E-state index contributed by atoms with van der Waals surface area (Å²) >= 11 is 1.21. The molecule has 1 aromatic carbocycles. The van der Waals surface area contributed by atoms with E-state index in [0.717, 1.165) is 36.9 Å². The molecule has 0 bridgehead atoms. The first-order chi connectivity index (χ1) is 14.7. The fraction of sp³-hybridized carbons (Fsp3) is 0.409. The zero-order valence-electron chi connectivity index (χ0n) is 17.2. The quantitative estimate of drug-likeness (QED) is 0.589. The first-order valence-electron chi connectivity index (χ1n) is 9.88. The fourth-order valence-electron chi connectivity index (χ4n) is 3.13. The number of amides is 1. The molecule has 0 aliphatic carbocycles. The van der Waals surface area contributed by atoms with E-state index < -0.39 is 18.0 Å². The topological polar surface area (TPSA) is 90.7 Å². The summed E-state index contributed by atoms with van der Waals surface area (Å²) in [4.78, 5) is 28.5. The van der Waals surface area contributed by atoms with Crippen LogP contribution in [-0.2, 0) is 17.1 Å². The second-order valence-electron chi connectivity index (χ2n) is 7.17. The molecule has 2 unspecified atom stereocenters. The summed E-state index contributed by atoms with van der Waals surface area (Å²) in [5, 5.41) is 18.6. The van der Waals surface area contributed by atoms with E-state index in [9.17, 15) is 18.4 Å². The van der Waals surface area contributed by atoms with Gasteiger partial charge in [0.2, 0.25) is 5.91 Å². The first kappa shape index (κ1) is 24.6. The van der Waals surface area contributed by atoms with Crippen molar-refractivity contribution in [3.05, 3.63) is 64.6 Å². The number of alkyl halides is 2. The van der Waals surface area contributed by atoms with E-state index in [1.165, 1.54) is 41.8 Å². The number of thiazole rings is 1. The maximum Gasteiger partial charge on any atom is 0.347 e. The lowest BCUT2D eigenvalue weighted by molar-refractivity contribution is -0.128. The maximum absolute atomic E-state index is 13.2. The third-order valence-corrected chi connectivity index (χ3v) is 5.98. The second kappa shape index (κ2) is 11.1. The van der Waals surface area contributed by atoms with Crippen LogP contribution in [0.5, 0.6) is 0 Å². The number of carboxylic acids is 1. The molecule has 1 aliphatic heterocycles. The highest BCUT2D eigenvalue weighted by Gasteiger charge is 2.38. The molecule has 0 spiro atoms. The van der Waals surface area contributed by atoms with E-state index in [1.54, 1.807) is 6.07 Å². The molecule has 168 valence electrons. The van der Waals surface area contributed by atoms with Crippen LogP contribution in [0.3, 0.4) is 0 Å². The maximum atomic E-state index is 13.2. The van der Waals surface area contributed by atoms with Gasteiger partial charge in [-0.15, -0.1) is 17.9 Å². The molecule has 3 rings (SSSR count). The van der Waals surface area contributed by atoms with Crippen molar-refractivity contribution in [2.45, 2.75) is 50.7 Å². The molecule has 9 heteroatoms. The van der Waals surface area contributed by atoms with Gasteiger partial charge in [-0.1, -0.05) is 36.4 Å². The van der Waals surface area contributed by atoms with Crippen LogP contribution in [0.2, 0.25) is 0 Å². The van der Waals surface area contributed by atoms with Crippen LogP contribution in [-0.4, -0.2) is 50.7 Å². The van der Waals surface area contributed by atoms with Gasteiger partial charge in [-0.05, 0) is 19.8 Å². The van der Waals surface area contributed by atoms with Crippen molar-refractivity contribution < 1.29 is 28.6 Å². The number of aryl methyl sites for hydroxylation is 1. The summed E-state index contributed by atoms with van der Waals surface area (Å²) in [7, 11) is 0. The molecule has 1 aromatic heterocycles. The van der Waals surface area contributed by atoms with Gasteiger partial charge in [0, 0.05) is 31.0 Å². The van der Waals surface area contributed by atoms with Crippen LogP contribution >= 0.6 is 11.3 Å². The minimum absolute atomic E-state index is 0.206. The average molecular weight is 453 g/mol. The summed E-state index contributed by atoms with van der Waals surface area (Å²) in [5.41, 5.74) is -0.206. The Morgan fingerprint density at radius 3 is 2.61 bits per heavy atom. The number of likely N-dealkylation sites (tertiary alicyclic amines) is 1. The third kappa shape index (κ3) is 6.67. The minimum Gasteiger partial charge on any atom is -0.477 e. The predicted molar refractivity (Wildman–Crippen MR) is 114 cm³/mol. The lowest BCUT2D eigenvalue weighted by Crippen LogP contribution is -2.32. The molecule has 0 radical (unpaired) electrons. The van der Waals surface area contributed by atoms with Crippen molar-refractivity contribution in [3.63, 3.8) is 0 Å². The Labute approximate surface area is 183 Å². The van der Waals surface area contributed by atoms with Crippen molar-refractivity contribution >= 4 is 23.2 Å². The number of carbonyl (C=O) groups excluding carboxylic acids is 1. The highest BCUT2D eigenvalue weighted by Crippen LogP contribution is 2.31. The lowest BCUT2D eigenvalue weighted by Gasteiger charge is -2.21. The standard InChI is InChI=1S/C12H16N2O3S.C10H10F2O/c1-8-4-5-11(15)14(8)6-2-3-10-13-7-9(18-10)12(16)17;1-2-9(13)10(11,12)8-6-4-3-5-7-8/h7-8H,2-6H2,1H3,(H,16,17);2-7,9,13H,1H2. The van der Waals surface area contributed by atoms with Gasteiger partial charge >= 0.3 is 11.9 Å². The molecular formula is C22H26F2N2O4S. The number of hydrogen-bond donors (Lipinski definition) is 2. The summed E-state index contributed by atoms with van der Waals surface area (Å²) < 4.78 is 26.5. The van der Waals surface area contributed by atoms with E-state index in [-0.39, 0.29) is 16.3 Å². The molecule has 2 heterocycles. The number of nitrogens with zero attached hydrogens (tertiary/aromatic N) is 2. The first-order valence-corrected chi connectivity index (χ1v) is 10.7. The number of halogens is 2. The molecule has 1 aliphatic rings. The zero-order chi connectivity index (χ0) is 23.0. The Bertz CT molecular complexity index is 889. The predicted octanol–water partition coefficient (Wildman–Crippen LogP) is 4.11. The molecule has 1 fully saturated rings. The van der Waals surface area contributed by atoms with Crippen LogP contribution in [0.1, 0.15) is 46.4 Å². The molecule has 31 heavy (non-hydrogen) atoms. The number of aliphatic hydroxyl groups excluding tert-OH is 1. The van der Waals surface area contributed by atoms with Crippen molar-refractivity contribution in [2.24, 2.45) is 0 Å². The zero-order valence-corrected chi connectivity index (χ0v) is 18.0. The van der Waals surface area contributed by atoms with Gasteiger partial charge in [0.15, 0.2) is 0 Å². The fourth-order valence-corrected chi connectivity index (χ4v) is 3.93. The Morgan fingerprint density at radius 2 is 2.10 bits per heavy atom. The summed E-state index contributed by atoms with van der Waals surface area (Å²) in [6.07, 6.45) is 3.55. The van der Waals surface area contributed by atoms with E-state index >= 15 is 0 Å². The smallest absolute Gasteiger partial charge is 0.347 e. The largest absolute Gasteiger partial charge is 0.477 e. The number of aromatic nitrogens is 1. The van der Waals surface area contributed by atoms with E-state index in [4.69, 9.17) is 10.2 Å². The normalized spacial score (nSPS) is 17.1. The number of aliphatic hydroxyl groups is 1. The van der Waals surface area contributed by atoms with Gasteiger partial charge in [0.05, 0.1) is 11.2 Å². The van der Waals surface area contributed by atoms with Crippen LogP contribution in [0.4, 0.5) is 8.78 Å². The Balaban J connectivity index is 0.000000233. The van der Waals surface area contributed by atoms with Crippen molar-refractivity contribution in [3.8, 4) is 0 Å². The number of carbonyl (C=O) groups is 2. The van der Waals surface area contributed by atoms with Crippen molar-refractivity contribution in [1.29, 1.82) is 0 Å². The van der Waals surface area contributed by atoms with Crippen LogP contribution in [0.15, 0.2) is 49.2 Å². The van der Waals surface area contributed by atoms with Crippen LogP contribution in [0.25, 0.3) is 0 Å². The molecule has 1 saturated heterocycles. The van der Waals surface area contributed by atoms with Gasteiger partial charge in [0.25, 0.3) is 0 Å². The van der Waals surface area contributed by atoms with Gasteiger partial charge < -0.3 is 15.1 Å². The van der Waals surface area contributed by atoms with E-state index in [2.05, 4.69) is 18.5 Å². The molecule has 6 nitrogen and oxygen atoms in total. The highest BCUT2D eigenvalue weighted by atomic mass is 32.1. The third-order valence-electron chi connectivity index (χ3n) is 4.94. The van der Waals surface area contributed by atoms with Gasteiger partial charge in [-0.3, -0.25) is 4.79 Å². The number of hydrogen-bond acceptors (Lipinski definition) is 5.